The zero-order valence-corrected chi connectivity index (χ0v) is 19.5. The largest absolute Gasteiger partial charge is 0.511 e. The van der Waals surface area contributed by atoms with Crippen LogP contribution in [0.5, 0.6) is 0 Å². The Morgan fingerprint density at radius 2 is 1.75 bits per heavy atom. The number of nitrogens with zero attached hydrogens (tertiary/aromatic N) is 3. The molecule has 2 heterocycles. The zero-order valence-electron chi connectivity index (χ0n) is 16.3. The maximum Gasteiger partial charge on any atom is 0.511 e. The van der Waals surface area contributed by atoms with E-state index in [0.717, 1.165) is 26.2 Å². The van der Waals surface area contributed by atoms with Crippen molar-refractivity contribution in [2.75, 3.05) is 46.3 Å². The van der Waals surface area contributed by atoms with Crippen molar-refractivity contribution >= 4 is 40.0 Å². The summed E-state index contributed by atoms with van der Waals surface area (Å²) < 4.78 is 61.3. The number of likely N-dealkylation sites (tertiary alicyclic amines) is 1. The van der Waals surface area contributed by atoms with Gasteiger partial charge in [-0.2, -0.15) is 17.5 Å². The van der Waals surface area contributed by atoms with Gasteiger partial charge in [0, 0.05) is 39.3 Å². The summed E-state index contributed by atoms with van der Waals surface area (Å²) in [5.41, 5.74) is -5.24. The average Bonchev–Trinajstić information content (AvgIpc) is 3.11. The average molecular weight is 541 g/mol. The van der Waals surface area contributed by atoms with Crippen molar-refractivity contribution in [2.45, 2.75) is 44.2 Å². The number of rotatable bonds is 6. The predicted molar refractivity (Wildman–Crippen MR) is 114 cm³/mol. The lowest BCUT2D eigenvalue weighted by Crippen LogP contribution is -2.52. The Kier molecular flexibility index (Phi) is 10.2. The molecule has 7 nitrogen and oxygen atoms in total. The normalized spacial score (nSPS) is 22.0. The van der Waals surface area contributed by atoms with Gasteiger partial charge in [-0.15, -0.1) is 24.0 Å². The van der Waals surface area contributed by atoms with Gasteiger partial charge in [-0.25, -0.2) is 8.42 Å². The molecule has 0 bridgehead atoms. The monoisotopic (exact) mass is 541 g/mol. The summed E-state index contributed by atoms with van der Waals surface area (Å²) in [6.45, 7) is 5.94. The molecule has 166 valence electrons. The van der Waals surface area contributed by atoms with Crippen LogP contribution in [0.15, 0.2) is 4.99 Å². The van der Waals surface area contributed by atoms with Crippen LogP contribution in [-0.2, 0) is 10.0 Å². The van der Waals surface area contributed by atoms with Gasteiger partial charge in [-0.1, -0.05) is 6.92 Å². The van der Waals surface area contributed by atoms with Crippen LogP contribution in [0.4, 0.5) is 13.2 Å². The van der Waals surface area contributed by atoms with Crippen molar-refractivity contribution in [1.29, 1.82) is 0 Å². The third kappa shape index (κ3) is 7.17. The van der Waals surface area contributed by atoms with Crippen molar-refractivity contribution in [3.63, 3.8) is 0 Å². The molecule has 0 amide bonds. The van der Waals surface area contributed by atoms with E-state index < -0.39 is 15.5 Å². The highest BCUT2D eigenvalue weighted by molar-refractivity contribution is 14.0. The smallest absolute Gasteiger partial charge is 0.356 e. The molecule has 0 aromatic carbocycles. The second kappa shape index (κ2) is 11.2. The van der Waals surface area contributed by atoms with Gasteiger partial charge in [0.2, 0.25) is 0 Å². The van der Waals surface area contributed by atoms with E-state index in [1.807, 2.05) is 0 Å². The number of hydrogen-bond donors (Lipinski definition) is 2. The van der Waals surface area contributed by atoms with E-state index in [9.17, 15) is 21.6 Å². The van der Waals surface area contributed by atoms with Gasteiger partial charge < -0.3 is 15.5 Å². The van der Waals surface area contributed by atoms with Gasteiger partial charge in [0.1, 0.15) is 0 Å². The van der Waals surface area contributed by atoms with Crippen LogP contribution >= 0.6 is 24.0 Å². The van der Waals surface area contributed by atoms with E-state index in [0.29, 0.717) is 29.0 Å². The number of hydrogen-bond acceptors (Lipinski definition) is 4. The molecule has 2 saturated heterocycles. The first-order chi connectivity index (χ1) is 12.6. The van der Waals surface area contributed by atoms with Crippen LogP contribution < -0.4 is 10.6 Å². The molecule has 12 heteroatoms. The molecule has 2 aliphatic heterocycles. The molecule has 0 aromatic heterocycles. The topological polar surface area (TPSA) is 77.0 Å². The summed E-state index contributed by atoms with van der Waals surface area (Å²) in [5, 5.41) is 6.44. The van der Waals surface area contributed by atoms with Crippen molar-refractivity contribution in [2.24, 2.45) is 10.9 Å². The minimum Gasteiger partial charge on any atom is -0.356 e. The highest BCUT2D eigenvalue weighted by atomic mass is 127. The Bertz CT molecular complexity index is 604. The van der Waals surface area contributed by atoms with Crippen LogP contribution in [0.2, 0.25) is 0 Å². The highest BCUT2D eigenvalue weighted by Crippen LogP contribution is 2.28. The second-order valence-corrected chi connectivity index (χ2v) is 9.26. The SMILES string of the molecule is CN=C(NCC(C)CN1CCCC1)NC1CCN(S(=O)(=O)C(F)(F)F)CC1.I. The van der Waals surface area contributed by atoms with Crippen LogP contribution in [0.25, 0.3) is 0 Å². The molecule has 2 fully saturated rings. The summed E-state index contributed by atoms with van der Waals surface area (Å²) >= 11 is 0. The highest BCUT2D eigenvalue weighted by Gasteiger charge is 2.50. The molecule has 2 aliphatic rings. The number of nitrogens with one attached hydrogen (secondary N) is 2. The summed E-state index contributed by atoms with van der Waals surface area (Å²) in [6.07, 6.45) is 3.12. The third-order valence-electron chi connectivity index (χ3n) is 5.04. The minimum atomic E-state index is -5.24. The number of piperidine rings is 1. The fraction of sp³-hybridized carbons (Fsp3) is 0.938. The summed E-state index contributed by atoms with van der Waals surface area (Å²) in [5.74, 6) is 1.04. The predicted octanol–water partition coefficient (Wildman–Crippen LogP) is 1.82. The van der Waals surface area contributed by atoms with E-state index in [2.05, 4.69) is 27.4 Å². The molecule has 28 heavy (non-hydrogen) atoms. The van der Waals surface area contributed by atoms with Gasteiger partial charge >= 0.3 is 15.5 Å². The van der Waals surface area contributed by atoms with Crippen molar-refractivity contribution < 1.29 is 21.6 Å². The first-order valence-electron chi connectivity index (χ1n) is 9.39. The molecule has 0 spiro atoms. The van der Waals surface area contributed by atoms with Crippen molar-refractivity contribution in [3.05, 3.63) is 0 Å². The molecular formula is C16H31F3IN5O2S. The number of aliphatic imine (C=N–C) groups is 1. The molecule has 1 atom stereocenters. The molecule has 0 aromatic rings. The van der Waals surface area contributed by atoms with Gasteiger partial charge in [0.25, 0.3) is 0 Å². The Hall–Kier alpha value is -0.340. The van der Waals surface area contributed by atoms with Crippen molar-refractivity contribution in [3.8, 4) is 0 Å². The zero-order chi connectivity index (χ0) is 20.1. The quantitative estimate of drug-likeness (QED) is 0.305. The van der Waals surface area contributed by atoms with E-state index >= 15 is 0 Å². The van der Waals surface area contributed by atoms with Crippen LogP contribution in [0.3, 0.4) is 0 Å². The number of guanidine groups is 1. The van der Waals surface area contributed by atoms with Gasteiger partial charge in [0.05, 0.1) is 0 Å². The number of halogens is 4. The molecule has 2 N–H and O–H groups in total. The molecular weight excluding hydrogens is 510 g/mol. The maximum atomic E-state index is 12.6. The molecule has 0 aliphatic carbocycles. The summed E-state index contributed by atoms with van der Waals surface area (Å²) in [7, 11) is -3.59. The standard InChI is InChI=1S/C16H30F3N5O2S.HI/c1-13(12-23-7-3-4-8-23)11-21-15(20-2)22-14-5-9-24(10-6-14)27(25,26)16(17,18)19;/h13-14H,3-12H2,1-2H3,(H2,20,21,22);1H. The first-order valence-corrected chi connectivity index (χ1v) is 10.8. The molecule has 2 rings (SSSR count). The third-order valence-corrected chi connectivity index (χ3v) is 6.67. The van der Waals surface area contributed by atoms with Gasteiger partial charge in [0.15, 0.2) is 5.96 Å². The van der Waals surface area contributed by atoms with Crippen LogP contribution in [0.1, 0.15) is 32.6 Å². The molecule has 1 unspecified atom stereocenters. The van der Waals surface area contributed by atoms with Crippen LogP contribution in [-0.4, -0.2) is 81.4 Å². The first kappa shape index (κ1) is 25.7. The van der Waals surface area contributed by atoms with E-state index in [1.165, 1.54) is 12.8 Å². The van der Waals surface area contributed by atoms with Gasteiger partial charge in [-0.3, -0.25) is 4.99 Å². The second-order valence-electron chi connectivity index (χ2n) is 7.33. The van der Waals surface area contributed by atoms with Gasteiger partial charge in [-0.05, 0) is 44.7 Å². The lowest BCUT2D eigenvalue weighted by molar-refractivity contribution is -0.0494. The molecule has 0 saturated carbocycles. The lowest BCUT2D eigenvalue weighted by Gasteiger charge is -2.32. The van der Waals surface area contributed by atoms with E-state index in [-0.39, 0.29) is 43.1 Å². The Labute approximate surface area is 182 Å². The lowest BCUT2D eigenvalue weighted by atomic mass is 10.1. The number of alkyl halides is 3. The number of sulfonamides is 1. The Balaban J connectivity index is 0.00000392. The Morgan fingerprint density at radius 1 is 1.18 bits per heavy atom. The summed E-state index contributed by atoms with van der Waals surface area (Å²) in [4.78, 5) is 6.61. The van der Waals surface area contributed by atoms with E-state index in [1.54, 1.807) is 7.05 Å². The minimum absolute atomic E-state index is 0. The van der Waals surface area contributed by atoms with Crippen molar-refractivity contribution in [1.82, 2.24) is 19.8 Å². The van der Waals surface area contributed by atoms with E-state index in [4.69, 9.17) is 0 Å². The fourth-order valence-corrected chi connectivity index (χ4v) is 4.50. The summed E-state index contributed by atoms with van der Waals surface area (Å²) in [6, 6.07) is -0.107. The fourth-order valence-electron chi connectivity index (χ4n) is 3.52. The Morgan fingerprint density at radius 3 is 2.25 bits per heavy atom. The maximum absolute atomic E-state index is 12.6. The van der Waals surface area contributed by atoms with Crippen LogP contribution in [0, 0.1) is 5.92 Å². The molecule has 0 radical (unpaired) electrons.